The topological polar surface area (TPSA) is 51.7 Å². The van der Waals surface area contributed by atoms with Crippen molar-refractivity contribution in [3.63, 3.8) is 0 Å². The van der Waals surface area contributed by atoms with Crippen molar-refractivity contribution in [3.05, 3.63) is 23.5 Å². The average Bonchev–Trinajstić information content (AvgIpc) is 2.47. The Morgan fingerprint density at radius 3 is 2.71 bits per heavy atom. The van der Waals surface area contributed by atoms with Gasteiger partial charge in [0.05, 0.1) is 25.3 Å². The number of likely N-dealkylation sites (tertiary alicyclic amines) is 1. The molecule has 0 saturated carbocycles. The predicted molar refractivity (Wildman–Crippen MR) is 80.2 cm³/mol. The Morgan fingerprint density at radius 1 is 1.38 bits per heavy atom. The summed E-state index contributed by atoms with van der Waals surface area (Å²) in [5, 5.41) is 0. The standard InChI is InChI=1S/C16H24N2O3/c1-4-21-16(19)13-5-7-18(8-6-13)11-14-10-15(20-3)9-12(2)17-14/h9-10,13H,4-8,11H2,1-3H3. The number of aryl methyl sites for hydroxylation is 1. The molecule has 0 amide bonds. The smallest absolute Gasteiger partial charge is 0.309 e. The molecule has 1 saturated heterocycles. The highest BCUT2D eigenvalue weighted by molar-refractivity contribution is 5.72. The summed E-state index contributed by atoms with van der Waals surface area (Å²) in [5.41, 5.74) is 1.98. The first-order valence-corrected chi connectivity index (χ1v) is 7.53. The van der Waals surface area contributed by atoms with Crippen molar-refractivity contribution >= 4 is 5.97 Å². The second-order valence-corrected chi connectivity index (χ2v) is 5.44. The highest BCUT2D eigenvalue weighted by atomic mass is 16.5. The molecule has 0 atom stereocenters. The number of methoxy groups -OCH3 is 1. The molecule has 5 nitrogen and oxygen atoms in total. The minimum absolute atomic E-state index is 0.0486. The van der Waals surface area contributed by atoms with Crippen LogP contribution in [0.2, 0.25) is 0 Å². The molecule has 0 N–H and O–H groups in total. The minimum atomic E-state index is -0.0486. The van der Waals surface area contributed by atoms with E-state index in [4.69, 9.17) is 9.47 Å². The van der Waals surface area contributed by atoms with Crippen molar-refractivity contribution < 1.29 is 14.3 Å². The molecule has 0 aliphatic carbocycles. The number of hydrogen-bond donors (Lipinski definition) is 0. The van der Waals surface area contributed by atoms with Crippen LogP contribution in [-0.4, -0.2) is 42.7 Å². The van der Waals surface area contributed by atoms with Gasteiger partial charge in [0.15, 0.2) is 0 Å². The van der Waals surface area contributed by atoms with Crippen molar-refractivity contribution in [1.82, 2.24) is 9.88 Å². The normalized spacial score (nSPS) is 16.7. The molecule has 5 heteroatoms. The Balaban J connectivity index is 1.89. The number of rotatable bonds is 5. The second kappa shape index (κ2) is 7.41. The van der Waals surface area contributed by atoms with E-state index in [0.29, 0.717) is 6.61 Å². The van der Waals surface area contributed by atoms with Gasteiger partial charge in [0.25, 0.3) is 0 Å². The zero-order chi connectivity index (χ0) is 15.2. The summed E-state index contributed by atoms with van der Waals surface area (Å²) in [6.45, 7) is 6.89. The van der Waals surface area contributed by atoms with Crippen LogP contribution >= 0.6 is 0 Å². The van der Waals surface area contributed by atoms with E-state index in [2.05, 4.69) is 9.88 Å². The van der Waals surface area contributed by atoms with Crippen LogP contribution in [0.25, 0.3) is 0 Å². The third kappa shape index (κ3) is 4.43. The lowest BCUT2D eigenvalue weighted by atomic mass is 9.97. The average molecular weight is 292 g/mol. The summed E-state index contributed by atoms with van der Waals surface area (Å²) in [4.78, 5) is 18.6. The van der Waals surface area contributed by atoms with Crippen LogP contribution in [0.1, 0.15) is 31.2 Å². The fourth-order valence-corrected chi connectivity index (χ4v) is 2.72. The Bertz CT molecular complexity index is 482. The number of carbonyl (C=O) groups excluding carboxylic acids is 1. The number of nitrogens with zero attached hydrogens (tertiary/aromatic N) is 2. The highest BCUT2D eigenvalue weighted by Gasteiger charge is 2.26. The van der Waals surface area contributed by atoms with Crippen LogP contribution in [0.15, 0.2) is 12.1 Å². The van der Waals surface area contributed by atoms with Gasteiger partial charge in [-0.3, -0.25) is 14.7 Å². The first-order chi connectivity index (χ1) is 10.1. The van der Waals surface area contributed by atoms with Crippen LogP contribution in [0, 0.1) is 12.8 Å². The molecule has 0 spiro atoms. The van der Waals surface area contributed by atoms with Gasteiger partial charge in [0.2, 0.25) is 0 Å². The second-order valence-electron chi connectivity index (χ2n) is 5.44. The fourth-order valence-electron chi connectivity index (χ4n) is 2.72. The van der Waals surface area contributed by atoms with E-state index in [1.54, 1.807) is 7.11 Å². The summed E-state index contributed by atoms with van der Waals surface area (Å²) >= 11 is 0. The molecule has 1 aliphatic heterocycles. The first kappa shape index (κ1) is 15.8. The maximum Gasteiger partial charge on any atom is 0.309 e. The van der Waals surface area contributed by atoms with E-state index in [9.17, 15) is 4.79 Å². The van der Waals surface area contributed by atoms with Crippen LogP contribution in [0.4, 0.5) is 0 Å². The molecule has 21 heavy (non-hydrogen) atoms. The lowest BCUT2D eigenvalue weighted by molar-refractivity contribution is -0.149. The summed E-state index contributed by atoms with van der Waals surface area (Å²) in [7, 11) is 1.67. The summed E-state index contributed by atoms with van der Waals surface area (Å²) in [6, 6.07) is 3.90. The van der Waals surface area contributed by atoms with Gasteiger partial charge in [-0.05, 0) is 39.8 Å². The third-order valence-electron chi connectivity index (χ3n) is 3.81. The maximum atomic E-state index is 11.7. The SMILES string of the molecule is CCOC(=O)C1CCN(Cc2cc(OC)cc(C)n2)CC1. The quantitative estimate of drug-likeness (QED) is 0.779. The van der Waals surface area contributed by atoms with Crippen molar-refractivity contribution in [3.8, 4) is 5.75 Å². The molecule has 0 aromatic carbocycles. The van der Waals surface area contributed by atoms with Gasteiger partial charge < -0.3 is 9.47 Å². The number of aromatic nitrogens is 1. The molecule has 0 bridgehead atoms. The van der Waals surface area contributed by atoms with Gasteiger partial charge in [-0.15, -0.1) is 0 Å². The predicted octanol–water partition coefficient (Wildman–Crippen LogP) is 2.17. The van der Waals surface area contributed by atoms with Crippen molar-refractivity contribution in [2.24, 2.45) is 5.92 Å². The molecule has 2 heterocycles. The van der Waals surface area contributed by atoms with E-state index < -0.39 is 0 Å². The monoisotopic (exact) mass is 292 g/mol. The summed E-state index contributed by atoms with van der Waals surface area (Å²) < 4.78 is 10.4. The van der Waals surface area contributed by atoms with Crippen molar-refractivity contribution in [2.75, 3.05) is 26.8 Å². The largest absolute Gasteiger partial charge is 0.497 e. The molecule has 0 radical (unpaired) electrons. The first-order valence-electron chi connectivity index (χ1n) is 7.53. The number of ether oxygens (including phenoxy) is 2. The van der Waals surface area contributed by atoms with E-state index in [0.717, 1.165) is 49.6 Å². The van der Waals surface area contributed by atoms with Crippen LogP contribution < -0.4 is 4.74 Å². The minimum Gasteiger partial charge on any atom is -0.497 e. The van der Waals surface area contributed by atoms with Gasteiger partial charge in [-0.25, -0.2) is 0 Å². The van der Waals surface area contributed by atoms with Crippen molar-refractivity contribution in [1.29, 1.82) is 0 Å². The molecule has 116 valence electrons. The summed E-state index contributed by atoms with van der Waals surface area (Å²) in [5.74, 6) is 0.854. The summed E-state index contributed by atoms with van der Waals surface area (Å²) in [6.07, 6.45) is 1.73. The maximum absolute atomic E-state index is 11.7. The van der Waals surface area contributed by atoms with E-state index >= 15 is 0 Å². The van der Waals surface area contributed by atoms with Crippen LogP contribution in [0.3, 0.4) is 0 Å². The van der Waals surface area contributed by atoms with Gasteiger partial charge in [0.1, 0.15) is 5.75 Å². The van der Waals surface area contributed by atoms with Crippen LogP contribution in [0.5, 0.6) is 5.75 Å². The molecule has 2 rings (SSSR count). The number of hydrogen-bond acceptors (Lipinski definition) is 5. The lowest BCUT2D eigenvalue weighted by Gasteiger charge is -2.30. The van der Waals surface area contributed by atoms with E-state index in [1.165, 1.54) is 0 Å². The molecular formula is C16H24N2O3. The van der Waals surface area contributed by atoms with Crippen LogP contribution in [-0.2, 0) is 16.1 Å². The van der Waals surface area contributed by atoms with Crippen molar-refractivity contribution in [2.45, 2.75) is 33.2 Å². The Morgan fingerprint density at radius 2 is 2.10 bits per heavy atom. The molecule has 1 aromatic rings. The highest BCUT2D eigenvalue weighted by Crippen LogP contribution is 2.21. The molecule has 1 fully saturated rings. The number of pyridine rings is 1. The Kier molecular flexibility index (Phi) is 5.56. The Labute approximate surface area is 126 Å². The molecular weight excluding hydrogens is 268 g/mol. The van der Waals surface area contributed by atoms with Gasteiger partial charge in [-0.1, -0.05) is 0 Å². The zero-order valence-corrected chi connectivity index (χ0v) is 13.1. The molecule has 1 aliphatic rings. The van der Waals surface area contributed by atoms with Gasteiger partial charge in [-0.2, -0.15) is 0 Å². The van der Waals surface area contributed by atoms with Gasteiger partial charge in [0, 0.05) is 24.4 Å². The number of esters is 1. The fraction of sp³-hybridized carbons (Fsp3) is 0.625. The number of piperidine rings is 1. The van der Waals surface area contributed by atoms with Gasteiger partial charge >= 0.3 is 5.97 Å². The van der Waals surface area contributed by atoms with E-state index in [-0.39, 0.29) is 11.9 Å². The molecule has 0 unspecified atom stereocenters. The van der Waals surface area contributed by atoms with E-state index in [1.807, 2.05) is 26.0 Å². The Hall–Kier alpha value is -1.62. The number of carbonyl (C=O) groups is 1. The lowest BCUT2D eigenvalue weighted by Crippen LogP contribution is -2.36. The zero-order valence-electron chi connectivity index (χ0n) is 13.1. The molecule has 1 aromatic heterocycles. The third-order valence-corrected chi connectivity index (χ3v) is 3.81.